The highest BCUT2D eigenvalue weighted by atomic mass is 79.9. The quantitative estimate of drug-likeness (QED) is 0.716. The Kier molecular flexibility index (Phi) is 3.70. The van der Waals surface area contributed by atoms with Crippen molar-refractivity contribution in [1.29, 1.82) is 0 Å². The molecule has 2 aromatic rings. The molecule has 0 amide bonds. The number of benzene rings is 2. The summed E-state index contributed by atoms with van der Waals surface area (Å²) in [6, 6.07) is 12.0. The molecule has 3 rings (SSSR count). The Morgan fingerprint density at radius 3 is 2.55 bits per heavy atom. The van der Waals surface area contributed by atoms with Crippen LogP contribution in [-0.2, 0) is 0 Å². The molecule has 0 aromatic heterocycles. The van der Waals surface area contributed by atoms with Gasteiger partial charge in [-0.25, -0.2) is 4.39 Å². The van der Waals surface area contributed by atoms with Crippen molar-refractivity contribution in [1.82, 2.24) is 0 Å². The fraction of sp³-hybridized carbons (Fsp3) is 0.235. The molecule has 1 aliphatic rings. The van der Waals surface area contributed by atoms with Gasteiger partial charge in [-0.3, -0.25) is 4.79 Å². The molecular formula is C17H14BrFO. The van der Waals surface area contributed by atoms with Crippen molar-refractivity contribution in [2.45, 2.75) is 25.2 Å². The molecule has 1 nitrogen and oxygen atoms in total. The summed E-state index contributed by atoms with van der Waals surface area (Å²) in [5, 5.41) is 0. The Balaban J connectivity index is 1.93. The predicted molar refractivity (Wildman–Crippen MR) is 80.6 cm³/mol. The summed E-state index contributed by atoms with van der Waals surface area (Å²) >= 11 is 3.22. The second kappa shape index (κ2) is 5.49. The van der Waals surface area contributed by atoms with E-state index >= 15 is 0 Å². The van der Waals surface area contributed by atoms with Crippen LogP contribution in [0.3, 0.4) is 0 Å². The Bertz CT molecular complexity index is 642. The zero-order valence-corrected chi connectivity index (χ0v) is 12.5. The van der Waals surface area contributed by atoms with Crippen molar-refractivity contribution < 1.29 is 9.18 Å². The molecule has 0 bridgehead atoms. The summed E-state index contributed by atoms with van der Waals surface area (Å²) in [7, 11) is 0. The first-order valence-electron chi connectivity index (χ1n) is 6.74. The van der Waals surface area contributed by atoms with E-state index < -0.39 is 5.82 Å². The molecule has 20 heavy (non-hydrogen) atoms. The minimum absolute atomic E-state index is 0.133. The van der Waals surface area contributed by atoms with Gasteiger partial charge >= 0.3 is 0 Å². The van der Waals surface area contributed by atoms with Gasteiger partial charge in [0, 0.05) is 15.6 Å². The molecule has 102 valence electrons. The van der Waals surface area contributed by atoms with Crippen LogP contribution in [0, 0.1) is 5.82 Å². The topological polar surface area (TPSA) is 17.1 Å². The molecule has 0 spiro atoms. The molecule has 1 saturated carbocycles. The lowest BCUT2D eigenvalue weighted by Crippen LogP contribution is -2.10. The maximum absolute atomic E-state index is 13.4. The first-order chi connectivity index (χ1) is 9.63. The van der Waals surface area contributed by atoms with Crippen LogP contribution in [0.15, 0.2) is 46.9 Å². The van der Waals surface area contributed by atoms with E-state index in [1.165, 1.54) is 37.0 Å². The smallest absolute Gasteiger partial charge is 0.193 e. The van der Waals surface area contributed by atoms with Gasteiger partial charge in [0.2, 0.25) is 0 Å². The van der Waals surface area contributed by atoms with Gasteiger partial charge in [0.15, 0.2) is 5.78 Å². The average Bonchev–Trinajstić information content (AvgIpc) is 2.35. The van der Waals surface area contributed by atoms with E-state index in [1.807, 2.05) is 12.1 Å². The van der Waals surface area contributed by atoms with Crippen LogP contribution >= 0.6 is 15.9 Å². The van der Waals surface area contributed by atoms with Crippen LogP contribution < -0.4 is 0 Å². The van der Waals surface area contributed by atoms with Crippen molar-refractivity contribution in [2.24, 2.45) is 0 Å². The minimum Gasteiger partial charge on any atom is -0.289 e. The highest BCUT2D eigenvalue weighted by molar-refractivity contribution is 9.10. The van der Waals surface area contributed by atoms with Crippen LogP contribution in [0.5, 0.6) is 0 Å². The second-order valence-corrected chi connectivity index (χ2v) is 6.16. The predicted octanol–water partition coefficient (Wildman–Crippen LogP) is 5.09. The highest BCUT2D eigenvalue weighted by Crippen LogP contribution is 2.36. The minimum atomic E-state index is -0.405. The second-order valence-electron chi connectivity index (χ2n) is 5.24. The zero-order chi connectivity index (χ0) is 14.1. The van der Waals surface area contributed by atoms with Crippen LogP contribution in [0.25, 0.3) is 0 Å². The van der Waals surface area contributed by atoms with E-state index in [1.54, 1.807) is 12.1 Å². The van der Waals surface area contributed by atoms with Crippen LogP contribution in [0.2, 0.25) is 0 Å². The van der Waals surface area contributed by atoms with E-state index in [9.17, 15) is 9.18 Å². The fourth-order valence-corrected chi connectivity index (χ4v) is 2.99. The van der Waals surface area contributed by atoms with Gasteiger partial charge in [-0.15, -0.1) is 0 Å². The molecule has 0 N–H and O–H groups in total. The summed E-state index contributed by atoms with van der Waals surface area (Å²) in [4.78, 5) is 12.4. The van der Waals surface area contributed by atoms with E-state index in [0.29, 0.717) is 21.5 Å². The van der Waals surface area contributed by atoms with Crippen LogP contribution in [0.1, 0.15) is 46.7 Å². The van der Waals surface area contributed by atoms with Crippen LogP contribution in [-0.4, -0.2) is 5.78 Å². The summed E-state index contributed by atoms with van der Waals surface area (Å²) in [6.45, 7) is 0. The molecular weight excluding hydrogens is 319 g/mol. The Hall–Kier alpha value is -1.48. The molecule has 1 aliphatic carbocycles. The number of halogens is 2. The van der Waals surface area contributed by atoms with Crippen molar-refractivity contribution in [2.75, 3.05) is 0 Å². The van der Waals surface area contributed by atoms with Gasteiger partial charge < -0.3 is 0 Å². The first kappa shape index (κ1) is 13.5. The lowest BCUT2D eigenvalue weighted by molar-refractivity contribution is 0.103. The van der Waals surface area contributed by atoms with Crippen molar-refractivity contribution in [3.63, 3.8) is 0 Å². The third-order valence-corrected chi connectivity index (χ3v) is 4.31. The van der Waals surface area contributed by atoms with E-state index in [0.717, 1.165) is 0 Å². The molecule has 0 heterocycles. The molecule has 0 saturated heterocycles. The number of carbonyl (C=O) groups excluding carboxylic acids is 1. The third kappa shape index (κ3) is 2.68. The van der Waals surface area contributed by atoms with Crippen molar-refractivity contribution in [3.05, 3.63) is 69.4 Å². The van der Waals surface area contributed by atoms with Crippen LogP contribution in [0.4, 0.5) is 4.39 Å². The summed E-state index contributed by atoms with van der Waals surface area (Å²) in [5.74, 6) is 0.0474. The Morgan fingerprint density at radius 1 is 1.10 bits per heavy atom. The number of hydrogen-bond donors (Lipinski definition) is 0. The van der Waals surface area contributed by atoms with Crippen molar-refractivity contribution in [3.8, 4) is 0 Å². The summed E-state index contributed by atoms with van der Waals surface area (Å²) in [5.41, 5.74) is 2.23. The lowest BCUT2D eigenvalue weighted by atomic mass is 9.79. The maximum atomic E-state index is 13.4. The Labute approximate surface area is 126 Å². The zero-order valence-electron chi connectivity index (χ0n) is 10.9. The van der Waals surface area contributed by atoms with Gasteiger partial charge in [0.05, 0.1) is 0 Å². The molecule has 0 unspecified atom stereocenters. The lowest BCUT2D eigenvalue weighted by Gasteiger charge is -2.26. The van der Waals surface area contributed by atoms with E-state index in [-0.39, 0.29) is 5.78 Å². The number of ketones is 1. The van der Waals surface area contributed by atoms with Gasteiger partial charge in [-0.05, 0) is 48.6 Å². The SMILES string of the molecule is O=C(c1cc(F)cc(Br)c1)c1cccc(C2CCC2)c1. The summed E-state index contributed by atoms with van der Waals surface area (Å²) < 4.78 is 14.0. The molecule has 0 atom stereocenters. The van der Waals surface area contributed by atoms with Gasteiger partial charge in [-0.1, -0.05) is 40.5 Å². The van der Waals surface area contributed by atoms with Crippen molar-refractivity contribution >= 4 is 21.7 Å². The third-order valence-electron chi connectivity index (χ3n) is 3.85. The maximum Gasteiger partial charge on any atom is 0.193 e. The standard InChI is InChI=1S/C17H14BrFO/c18-15-8-14(9-16(19)10-15)17(20)13-6-2-5-12(7-13)11-3-1-4-11/h2,5-11H,1,3-4H2. The number of carbonyl (C=O) groups is 1. The number of hydrogen-bond acceptors (Lipinski definition) is 1. The van der Waals surface area contributed by atoms with E-state index in [4.69, 9.17) is 0 Å². The van der Waals surface area contributed by atoms with Gasteiger partial charge in [-0.2, -0.15) is 0 Å². The largest absolute Gasteiger partial charge is 0.289 e. The molecule has 3 heteroatoms. The Morgan fingerprint density at radius 2 is 1.90 bits per heavy atom. The highest BCUT2D eigenvalue weighted by Gasteiger charge is 2.20. The monoisotopic (exact) mass is 332 g/mol. The molecule has 0 radical (unpaired) electrons. The number of rotatable bonds is 3. The van der Waals surface area contributed by atoms with E-state index in [2.05, 4.69) is 22.0 Å². The van der Waals surface area contributed by atoms with Gasteiger partial charge in [0.1, 0.15) is 5.82 Å². The average molecular weight is 333 g/mol. The summed E-state index contributed by atoms with van der Waals surface area (Å²) in [6.07, 6.45) is 3.66. The molecule has 0 aliphatic heterocycles. The first-order valence-corrected chi connectivity index (χ1v) is 7.53. The molecule has 1 fully saturated rings. The normalized spacial score (nSPS) is 14.9. The fourth-order valence-electron chi connectivity index (χ4n) is 2.53. The van der Waals surface area contributed by atoms with Gasteiger partial charge in [0.25, 0.3) is 0 Å². The molecule has 2 aromatic carbocycles.